The van der Waals surface area contributed by atoms with Crippen molar-refractivity contribution in [2.45, 2.75) is 57.7 Å². The fraction of sp³-hybridized carbons (Fsp3) is 0.526. The fourth-order valence-electron chi connectivity index (χ4n) is 3.94. The molecule has 1 aliphatic heterocycles. The highest BCUT2D eigenvalue weighted by molar-refractivity contribution is 5.23. The summed E-state index contributed by atoms with van der Waals surface area (Å²) in [5.41, 5.74) is 4.98. The van der Waals surface area contributed by atoms with Crippen molar-refractivity contribution in [3.8, 4) is 0 Å². The van der Waals surface area contributed by atoms with Crippen molar-refractivity contribution in [3.63, 3.8) is 0 Å². The van der Waals surface area contributed by atoms with Crippen LogP contribution < -0.4 is 0 Å². The predicted octanol–water partition coefficient (Wildman–Crippen LogP) is 3.12. The predicted molar refractivity (Wildman–Crippen MR) is 90.0 cm³/mol. The summed E-state index contributed by atoms with van der Waals surface area (Å²) in [6.45, 7) is 2.21. The van der Waals surface area contributed by atoms with Crippen molar-refractivity contribution >= 4 is 0 Å². The number of fused-ring (bicyclic) bond motifs is 1. The smallest absolute Gasteiger partial charge is 0.124 e. The summed E-state index contributed by atoms with van der Waals surface area (Å²) in [6, 6.07) is 8.73. The molecule has 1 atom stereocenters. The second-order valence-corrected chi connectivity index (χ2v) is 6.86. The molecule has 0 bridgehead atoms. The molecule has 0 radical (unpaired) electrons. The van der Waals surface area contributed by atoms with Crippen LogP contribution >= 0.6 is 0 Å². The average molecular weight is 311 g/mol. The fourth-order valence-corrected chi connectivity index (χ4v) is 3.94. The molecule has 1 aromatic heterocycles. The average Bonchev–Trinajstić information content (AvgIpc) is 3.21. The van der Waals surface area contributed by atoms with Gasteiger partial charge in [-0.2, -0.15) is 0 Å². The van der Waals surface area contributed by atoms with E-state index in [9.17, 15) is 0 Å². The number of H-pyrrole nitrogens is 1. The Bertz CT molecular complexity index is 638. The number of likely N-dealkylation sites (tertiary alicyclic amines) is 1. The van der Waals surface area contributed by atoms with Crippen LogP contribution in [0.1, 0.15) is 60.1 Å². The summed E-state index contributed by atoms with van der Waals surface area (Å²) >= 11 is 0. The van der Waals surface area contributed by atoms with Gasteiger partial charge in [0.05, 0.1) is 18.3 Å². The molecule has 23 heavy (non-hydrogen) atoms. The highest BCUT2D eigenvalue weighted by Crippen LogP contribution is 2.33. The van der Waals surface area contributed by atoms with E-state index in [-0.39, 0.29) is 6.61 Å². The van der Waals surface area contributed by atoms with Crippen LogP contribution in [0, 0.1) is 0 Å². The molecule has 1 aliphatic carbocycles. The maximum absolute atomic E-state index is 9.16. The van der Waals surface area contributed by atoms with E-state index in [0.717, 1.165) is 31.5 Å². The number of aromatic nitrogens is 2. The zero-order valence-corrected chi connectivity index (χ0v) is 13.6. The van der Waals surface area contributed by atoms with E-state index in [1.165, 1.54) is 48.5 Å². The second-order valence-electron chi connectivity index (χ2n) is 6.86. The number of nitrogens with zero attached hydrogens (tertiary/aromatic N) is 2. The van der Waals surface area contributed by atoms with Crippen molar-refractivity contribution in [2.24, 2.45) is 0 Å². The molecule has 1 unspecified atom stereocenters. The topological polar surface area (TPSA) is 52.1 Å². The highest BCUT2D eigenvalue weighted by Gasteiger charge is 2.29. The van der Waals surface area contributed by atoms with Gasteiger partial charge in [0.1, 0.15) is 5.82 Å². The Morgan fingerprint density at radius 1 is 1.09 bits per heavy atom. The SMILES string of the molecule is OCc1ccc(CN2CCCC2c2nc3c([nH]2)CCCC3)cc1. The summed E-state index contributed by atoms with van der Waals surface area (Å²) in [6.07, 6.45) is 7.31. The minimum atomic E-state index is 0.116. The van der Waals surface area contributed by atoms with Crippen LogP contribution in [0.25, 0.3) is 0 Å². The number of aromatic amines is 1. The number of imidazole rings is 1. The molecule has 1 saturated heterocycles. The summed E-state index contributed by atoms with van der Waals surface area (Å²) < 4.78 is 0. The van der Waals surface area contributed by atoms with Gasteiger partial charge in [-0.1, -0.05) is 24.3 Å². The number of hydrogen-bond donors (Lipinski definition) is 2. The van der Waals surface area contributed by atoms with Crippen LogP contribution in [0.3, 0.4) is 0 Å². The van der Waals surface area contributed by atoms with Crippen LogP contribution in [0.4, 0.5) is 0 Å². The van der Waals surface area contributed by atoms with Crippen LogP contribution in [0.2, 0.25) is 0 Å². The van der Waals surface area contributed by atoms with Crippen molar-refractivity contribution < 1.29 is 5.11 Å². The first-order chi connectivity index (χ1) is 11.3. The zero-order valence-electron chi connectivity index (χ0n) is 13.6. The van der Waals surface area contributed by atoms with Gasteiger partial charge in [-0.25, -0.2) is 4.98 Å². The lowest BCUT2D eigenvalue weighted by atomic mass is 10.0. The monoisotopic (exact) mass is 311 g/mol. The summed E-state index contributed by atoms with van der Waals surface area (Å²) in [5.74, 6) is 1.18. The zero-order chi connectivity index (χ0) is 15.6. The number of aryl methyl sites for hydroxylation is 2. The van der Waals surface area contributed by atoms with Gasteiger partial charge in [-0.3, -0.25) is 4.90 Å². The van der Waals surface area contributed by atoms with Crippen molar-refractivity contribution in [3.05, 3.63) is 52.6 Å². The van der Waals surface area contributed by atoms with Crippen molar-refractivity contribution in [1.82, 2.24) is 14.9 Å². The summed E-state index contributed by atoms with van der Waals surface area (Å²) in [4.78, 5) is 11.1. The molecule has 1 fully saturated rings. The molecule has 2 N–H and O–H groups in total. The molecule has 2 aliphatic rings. The quantitative estimate of drug-likeness (QED) is 0.912. The molecule has 0 amide bonds. The van der Waals surface area contributed by atoms with Gasteiger partial charge in [-0.15, -0.1) is 0 Å². The standard InChI is InChI=1S/C19H25N3O/c23-13-15-9-7-14(8-10-15)12-22-11-3-6-18(22)19-20-16-4-1-2-5-17(16)21-19/h7-10,18,23H,1-6,11-13H2,(H,20,21). The van der Waals surface area contributed by atoms with E-state index < -0.39 is 0 Å². The molecule has 0 spiro atoms. The van der Waals surface area contributed by atoms with E-state index in [1.54, 1.807) is 0 Å². The molecule has 2 heterocycles. The largest absolute Gasteiger partial charge is 0.392 e. The summed E-state index contributed by atoms with van der Waals surface area (Å²) in [7, 11) is 0. The minimum absolute atomic E-state index is 0.116. The molecule has 0 saturated carbocycles. The lowest BCUT2D eigenvalue weighted by molar-refractivity contribution is 0.240. The normalized spacial score (nSPS) is 21.5. The molecule has 2 aromatic rings. The van der Waals surface area contributed by atoms with Gasteiger partial charge in [0.25, 0.3) is 0 Å². The third kappa shape index (κ3) is 3.06. The Morgan fingerprint density at radius 3 is 2.65 bits per heavy atom. The first-order valence-corrected chi connectivity index (χ1v) is 8.84. The number of aliphatic hydroxyl groups excluding tert-OH is 1. The summed E-state index contributed by atoms with van der Waals surface area (Å²) in [5, 5.41) is 9.16. The van der Waals surface area contributed by atoms with Gasteiger partial charge < -0.3 is 10.1 Å². The molecular formula is C19H25N3O. The van der Waals surface area contributed by atoms with Gasteiger partial charge in [0, 0.05) is 12.2 Å². The van der Waals surface area contributed by atoms with E-state index in [2.05, 4.69) is 22.0 Å². The molecule has 122 valence electrons. The molecule has 1 aromatic carbocycles. The van der Waals surface area contributed by atoms with E-state index in [4.69, 9.17) is 10.1 Å². The Morgan fingerprint density at radius 2 is 1.87 bits per heavy atom. The van der Waals surface area contributed by atoms with Crippen molar-refractivity contribution in [1.29, 1.82) is 0 Å². The number of nitrogens with one attached hydrogen (secondary N) is 1. The first-order valence-electron chi connectivity index (χ1n) is 8.84. The minimum Gasteiger partial charge on any atom is -0.392 e. The number of benzene rings is 1. The first kappa shape index (κ1) is 14.9. The van der Waals surface area contributed by atoms with Gasteiger partial charge in [0.15, 0.2) is 0 Å². The lowest BCUT2D eigenvalue weighted by Crippen LogP contribution is -2.23. The number of aliphatic hydroxyl groups is 1. The molecule has 4 rings (SSSR count). The highest BCUT2D eigenvalue weighted by atomic mass is 16.3. The Labute approximate surface area is 137 Å². The Kier molecular flexibility index (Phi) is 4.19. The molecule has 4 heteroatoms. The second kappa shape index (κ2) is 6.46. The maximum atomic E-state index is 9.16. The number of hydrogen-bond acceptors (Lipinski definition) is 3. The van der Waals surface area contributed by atoms with Crippen LogP contribution in [0.5, 0.6) is 0 Å². The van der Waals surface area contributed by atoms with Crippen LogP contribution in [-0.2, 0) is 26.0 Å². The number of rotatable bonds is 4. The van der Waals surface area contributed by atoms with Gasteiger partial charge in [0.2, 0.25) is 0 Å². The van der Waals surface area contributed by atoms with Gasteiger partial charge >= 0.3 is 0 Å². The van der Waals surface area contributed by atoms with Gasteiger partial charge in [-0.05, 0) is 56.2 Å². The molecular weight excluding hydrogens is 286 g/mol. The van der Waals surface area contributed by atoms with E-state index in [0.29, 0.717) is 6.04 Å². The van der Waals surface area contributed by atoms with Crippen LogP contribution in [-0.4, -0.2) is 26.5 Å². The third-order valence-corrected chi connectivity index (χ3v) is 5.24. The Hall–Kier alpha value is -1.65. The Balaban J connectivity index is 1.50. The third-order valence-electron chi connectivity index (χ3n) is 5.24. The van der Waals surface area contributed by atoms with E-state index in [1.807, 2.05) is 12.1 Å². The van der Waals surface area contributed by atoms with Crippen molar-refractivity contribution in [2.75, 3.05) is 6.54 Å². The molecule has 4 nitrogen and oxygen atoms in total. The van der Waals surface area contributed by atoms with E-state index >= 15 is 0 Å². The lowest BCUT2D eigenvalue weighted by Gasteiger charge is -2.23. The maximum Gasteiger partial charge on any atom is 0.124 e. The van der Waals surface area contributed by atoms with Crippen LogP contribution in [0.15, 0.2) is 24.3 Å².